The van der Waals surface area contributed by atoms with Crippen molar-refractivity contribution >= 4 is 18.7 Å². The quantitative estimate of drug-likeness (QED) is 0.638. The molecule has 0 radical (unpaired) electrons. The van der Waals surface area contributed by atoms with Gasteiger partial charge >= 0.3 is 0 Å². The summed E-state index contributed by atoms with van der Waals surface area (Å²) >= 11 is 5.96. The van der Waals surface area contributed by atoms with Crippen LogP contribution < -0.4 is 5.09 Å². The van der Waals surface area contributed by atoms with Crippen LogP contribution in [0.3, 0.4) is 0 Å². The summed E-state index contributed by atoms with van der Waals surface area (Å²) in [6, 6.07) is 0.510. The maximum Gasteiger partial charge on any atom is 0.0627 e. The molecular formula is C6H15ClNP. The van der Waals surface area contributed by atoms with Gasteiger partial charge in [-0.2, -0.15) is 0 Å². The van der Waals surface area contributed by atoms with E-state index in [0.29, 0.717) is 11.7 Å². The van der Waals surface area contributed by atoms with Gasteiger partial charge in [0.05, 0.1) is 7.43 Å². The van der Waals surface area contributed by atoms with Crippen LogP contribution in [0.25, 0.3) is 0 Å². The van der Waals surface area contributed by atoms with Gasteiger partial charge in [0.2, 0.25) is 0 Å². The highest BCUT2D eigenvalue weighted by Crippen LogP contribution is 2.41. The summed E-state index contributed by atoms with van der Waals surface area (Å²) in [5.41, 5.74) is 0.573. The highest BCUT2D eigenvalue weighted by Gasteiger charge is 2.08. The minimum absolute atomic E-state index is 0.457. The van der Waals surface area contributed by atoms with E-state index in [-0.39, 0.29) is 0 Å². The van der Waals surface area contributed by atoms with Gasteiger partial charge in [-0.25, -0.2) is 0 Å². The predicted molar refractivity (Wildman–Crippen MR) is 46.2 cm³/mol. The summed E-state index contributed by atoms with van der Waals surface area (Å²) in [6.07, 6.45) is 0. The first kappa shape index (κ1) is 9.68. The first-order valence-corrected chi connectivity index (χ1v) is 5.56. The van der Waals surface area contributed by atoms with E-state index in [1.165, 1.54) is 0 Å². The Morgan fingerprint density at radius 2 is 1.67 bits per heavy atom. The molecule has 0 aromatic heterocycles. The average molecular weight is 168 g/mol. The average Bonchev–Trinajstić information content (AvgIpc) is 1.63. The van der Waals surface area contributed by atoms with E-state index >= 15 is 0 Å². The maximum absolute atomic E-state index is 5.96. The molecule has 3 heteroatoms. The predicted octanol–water partition coefficient (Wildman–Crippen LogP) is 2.94. The van der Waals surface area contributed by atoms with Crippen molar-refractivity contribution < 1.29 is 0 Å². The van der Waals surface area contributed by atoms with Crippen molar-refractivity contribution in [3.63, 3.8) is 0 Å². The Bertz CT molecular complexity index is 75.5. The molecule has 0 aliphatic rings. The van der Waals surface area contributed by atoms with E-state index in [4.69, 9.17) is 11.2 Å². The highest BCUT2D eigenvalue weighted by atomic mass is 35.7. The van der Waals surface area contributed by atoms with Crippen LogP contribution in [0.1, 0.15) is 27.7 Å². The fraction of sp³-hybridized carbons (Fsp3) is 1.00. The molecule has 0 aliphatic carbocycles. The van der Waals surface area contributed by atoms with Crippen molar-refractivity contribution in [3.05, 3.63) is 0 Å². The third-order valence-electron chi connectivity index (χ3n) is 0.835. The smallest absolute Gasteiger partial charge is 0.0627 e. The number of hydrogen-bond donors (Lipinski definition) is 1. The van der Waals surface area contributed by atoms with Gasteiger partial charge in [-0.05, 0) is 13.8 Å². The monoisotopic (exact) mass is 167 g/mol. The minimum Gasteiger partial charge on any atom is -0.281 e. The lowest BCUT2D eigenvalue weighted by atomic mass is 10.4. The highest BCUT2D eigenvalue weighted by molar-refractivity contribution is 7.82. The van der Waals surface area contributed by atoms with Crippen molar-refractivity contribution in [1.29, 1.82) is 0 Å². The largest absolute Gasteiger partial charge is 0.281 e. The molecular weight excluding hydrogens is 152 g/mol. The van der Waals surface area contributed by atoms with Gasteiger partial charge in [-0.15, -0.1) is 0 Å². The topological polar surface area (TPSA) is 12.0 Å². The molecule has 0 aliphatic heterocycles. The molecule has 0 heterocycles. The van der Waals surface area contributed by atoms with Crippen LogP contribution >= 0.6 is 18.7 Å². The Morgan fingerprint density at radius 1 is 1.22 bits per heavy atom. The summed E-state index contributed by atoms with van der Waals surface area (Å²) in [6.45, 7) is 8.49. The van der Waals surface area contributed by atoms with Gasteiger partial charge < -0.3 is 0 Å². The van der Waals surface area contributed by atoms with E-state index in [1.54, 1.807) is 0 Å². The molecule has 0 aromatic rings. The molecule has 1 N–H and O–H groups in total. The maximum atomic E-state index is 5.96. The molecule has 0 saturated carbocycles. The molecule has 0 aromatic carbocycles. The van der Waals surface area contributed by atoms with Crippen molar-refractivity contribution in [2.45, 2.75) is 39.4 Å². The third-order valence-corrected chi connectivity index (χ3v) is 3.97. The number of rotatable bonds is 3. The summed E-state index contributed by atoms with van der Waals surface area (Å²) < 4.78 is 0. The molecule has 0 spiro atoms. The van der Waals surface area contributed by atoms with E-state index in [0.717, 1.165) is 0 Å². The molecule has 0 saturated heterocycles. The Balaban J connectivity index is 3.38. The number of halogens is 1. The fourth-order valence-electron chi connectivity index (χ4n) is 0.396. The lowest BCUT2D eigenvalue weighted by Gasteiger charge is -2.17. The van der Waals surface area contributed by atoms with Crippen molar-refractivity contribution in [2.24, 2.45) is 0 Å². The fourth-order valence-corrected chi connectivity index (χ4v) is 1.77. The lowest BCUT2D eigenvalue weighted by molar-refractivity contribution is 0.758. The Kier molecular flexibility index (Phi) is 4.83. The van der Waals surface area contributed by atoms with Crippen LogP contribution in [0.2, 0.25) is 0 Å². The van der Waals surface area contributed by atoms with Crippen LogP contribution in [0.5, 0.6) is 0 Å². The van der Waals surface area contributed by atoms with Crippen molar-refractivity contribution in [2.75, 3.05) is 0 Å². The standard InChI is InChI=1S/C6H15ClNP/c1-5(2)8-9(7)6(3)4/h5-6,8H,1-4H3. The van der Waals surface area contributed by atoms with E-state index in [9.17, 15) is 0 Å². The van der Waals surface area contributed by atoms with E-state index < -0.39 is 7.43 Å². The Morgan fingerprint density at radius 3 is 1.78 bits per heavy atom. The van der Waals surface area contributed by atoms with Gasteiger partial charge in [0.1, 0.15) is 0 Å². The second-order valence-corrected chi connectivity index (χ2v) is 5.69. The van der Waals surface area contributed by atoms with Crippen molar-refractivity contribution in [1.82, 2.24) is 5.09 Å². The van der Waals surface area contributed by atoms with Gasteiger partial charge in [-0.1, -0.05) is 25.1 Å². The normalized spacial score (nSPS) is 15.0. The first-order chi connectivity index (χ1) is 4.04. The van der Waals surface area contributed by atoms with Crippen LogP contribution in [-0.2, 0) is 0 Å². The van der Waals surface area contributed by atoms with Gasteiger partial charge in [0.25, 0.3) is 0 Å². The van der Waals surface area contributed by atoms with Gasteiger partial charge in [-0.3, -0.25) is 5.09 Å². The zero-order valence-corrected chi connectivity index (χ0v) is 8.13. The van der Waals surface area contributed by atoms with Gasteiger partial charge in [0.15, 0.2) is 0 Å². The third kappa shape index (κ3) is 5.14. The SMILES string of the molecule is CC(C)NP(Cl)C(C)C. The minimum atomic E-state index is -0.457. The molecule has 0 rings (SSSR count). The molecule has 0 amide bonds. The molecule has 1 nitrogen and oxygen atoms in total. The Hall–Kier alpha value is 0.680. The molecule has 1 unspecified atom stereocenters. The second kappa shape index (κ2) is 4.49. The molecule has 0 bridgehead atoms. The molecule has 1 atom stereocenters. The summed E-state index contributed by atoms with van der Waals surface area (Å²) in [7, 11) is -0.457. The van der Waals surface area contributed by atoms with Crippen molar-refractivity contribution in [3.8, 4) is 0 Å². The van der Waals surface area contributed by atoms with Crippen LogP contribution in [-0.4, -0.2) is 11.7 Å². The van der Waals surface area contributed by atoms with Crippen LogP contribution in [0.15, 0.2) is 0 Å². The summed E-state index contributed by atoms with van der Waals surface area (Å²) in [5.74, 6) is 0. The molecule has 56 valence electrons. The lowest BCUT2D eigenvalue weighted by Crippen LogP contribution is -2.17. The Labute approximate surface area is 63.8 Å². The zero-order chi connectivity index (χ0) is 7.44. The van der Waals surface area contributed by atoms with Crippen LogP contribution in [0.4, 0.5) is 0 Å². The number of nitrogens with one attached hydrogen (secondary N) is 1. The molecule has 9 heavy (non-hydrogen) atoms. The summed E-state index contributed by atoms with van der Waals surface area (Å²) in [5, 5.41) is 3.27. The first-order valence-electron chi connectivity index (χ1n) is 3.25. The summed E-state index contributed by atoms with van der Waals surface area (Å²) in [4.78, 5) is 0. The van der Waals surface area contributed by atoms with E-state index in [1.807, 2.05) is 0 Å². The molecule has 0 fully saturated rings. The zero-order valence-electron chi connectivity index (χ0n) is 6.48. The van der Waals surface area contributed by atoms with Crippen LogP contribution in [0, 0.1) is 0 Å². The van der Waals surface area contributed by atoms with Gasteiger partial charge in [0, 0.05) is 11.7 Å². The second-order valence-electron chi connectivity index (χ2n) is 2.69. The van der Waals surface area contributed by atoms with E-state index in [2.05, 4.69) is 32.8 Å². The number of hydrogen-bond acceptors (Lipinski definition) is 1.